The number of hydrogen-bond acceptors (Lipinski definition) is 24. The fraction of sp³-hybridized carbons (Fsp3) is 0.852. The molecule has 0 aromatic heterocycles. The molecule has 0 radical (unpaired) electrons. The van der Waals surface area contributed by atoms with E-state index in [4.69, 9.17) is 9.84 Å². The Hall–Kier alpha value is -3.66. The predicted octanol–water partition coefficient (Wildman–Crippen LogP) is -1.84. The SMILES string of the molecule is CCC(C)(CC)NC(CCC(=O)NCC(O)C(O)C(O)C(O)CO)C(=O)C(CC)(CC)C(CC)(CC)NC(CCC(=O)O)C(=O)NC(CCC(=O)NCC(O)C(O)C(O)C(O)CO)C(=O)C(CC)(CC)NC(CSSCCOC=O)C(=O)O. The lowest BCUT2D eigenvalue weighted by Crippen LogP contribution is -2.69. The fourth-order valence-corrected chi connectivity index (χ4v) is 12.2. The quantitative estimate of drug-likeness (QED) is 0.0181. The van der Waals surface area contributed by atoms with Gasteiger partial charge < -0.3 is 87.3 Å². The van der Waals surface area contributed by atoms with Crippen LogP contribution in [0.2, 0.25) is 0 Å². The summed E-state index contributed by atoms with van der Waals surface area (Å²) in [6.45, 7) is 13.4. The maximum atomic E-state index is 15.7. The van der Waals surface area contributed by atoms with E-state index in [1.807, 2.05) is 20.8 Å². The molecule has 0 spiro atoms. The van der Waals surface area contributed by atoms with E-state index in [-0.39, 0.29) is 82.4 Å². The molecule has 484 valence electrons. The fourth-order valence-electron chi connectivity index (χ4n) is 10.2. The van der Waals surface area contributed by atoms with Crippen LogP contribution in [0.4, 0.5) is 0 Å². The van der Waals surface area contributed by atoms with Gasteiger partial charge in [0.25, 0.3) is 6.47 Å². The molecule has 0 saturated heterocycles. The van der Waals surface area contributed by atoms with Gasteiger partial charge in [0.15, 0.2) is 11.6 Å². The van der Waals surface area contributed by atoms with Crippen LogP contribution in [-0.4, -0.2) is 243 Å². The Morgan fingerprint density at radius 1 is 0.530 bits per heavy atom. The van der Waals surface area contributed by atoms with Gasteiger partial charge >= 0.3 is 11.9 Å². The molecule has 27 nitrogen and oxygen atoms in total. The molecule has 12 unspecified atom stereocenters. The molecule has 3 amide bonds. The molecule has 0 fully saturated rings. The van der Waals surface area contributed by atoms with Crippen LogP contribution in [0.3, 0.4) is 0 Å². The van der Waals surface area contributed by atoms with Crippen LogP contribution in [0.15, 0.2) is 0 Å². The minimum Gasteiger partial charge on any atom is -0.481 e. The zero-order chi connectivity index (χ0) is 63.9. The second-order valence-electron chi connectivity index (χ2n) is 21.1. The van der Waals surface area contributed by atoms with E-state index >= 15 is 14.4 Å². The lowest BCUT2D eigenvalue weighted by molar-refractivity contribution is -0.142. The van der Waals surface area contributed by atoms with Gasteiger partial charge in [0, 0.05) is 60.4 Å². The van der Waals surface area contributed by atoms with E-state index in [0.29, 0.717) is 18.6 Å². The third kappa shape index (κ3) is 24.2. The van der Waals surface area contributed by atoms with E-state index in [1.54, 1.807) is 41.5 Å². The van der Waals surface area contributed by atoms with E-state index in [0.717, 1.165) is 10.8 Å². The van der Waals surface area contributed by atoms with Crippen molar-refractivity contribution in [3.63, 3.8) is 0 Å². The highest BCUT2D eigenvalue weighted by Crippen LogP contribution is 2.46. The second kappa shape index (κ2) is 39.9. The smallest absolute Gasteiger partial charge is 0.321 e. The van der Waals surface area contributed by atoms with Crippen LogP contribution in [-0.2, 0) is 43.1 Å². The summed E-state index contributed by atoms with van der Waals surface area (Å²) in [5.74, 6) is -5.86. The van der Waals surface area contributed by atoms with Crippen molar-refractivity contribution >= 4 is 69.3 Å². The lowest BCUT2D eigenvalue weighted by Gasteiger charge is -2.52. The second-order valence-corrected chi connectivity index (χ2v) is 23.8. The number of aliphatic hydroxyl groups is 10. The summed E-state index contributed by atoms with van der Waals surface area (Å²) < 4.78 is 4.70. The molecule has 0 aliphatic carbocycles. The summed E-state index contributed by atoms with van der Waals surface area (Å²) in [6.07, 6.45) is -15.8. The Balaban J connectivity index is 7.68. The number of carbonyl (C=O) groups excluding carboxylic acids is 6. The molecule has 0 rings (SSSR count). The zero-order valence-corrected chi connectivity index (χ0v) is 51.3. The van der Waals surface area contributed by atoms with Crippen LogP contribution in [0.25, 0.3) is 0 Å². The number of amides is 3. The number of hydrogen-bond donors (Lipinski definition) is 18. The molecule has 83 heavy (non-hydrogen) atoms. The van der Waals surface area contributed by atoms with Gasteiger partial charge in [-0.1, -0.05) is 77.0 Å². The number of ether oxygens (including phenoxy) is 1. The summed E-state index contributed by atoms with van der Waals surface area (Å²) >= 11 is 0. The molecular weight excluding hydrogens is 1130 g/mol. The first-order valence-electron chi connectivity index (χ1n) is 28.7. The third-order valence-electron chi connectivity index (χ3n) is 16.3. The normalized spacial score (nSPS) is 16.8. The first-order chi connectivity index (χ1) is 39.0. The van der Waals surface area contributed by atoms with Crippen molar-refractivity contribution in [3.8, 4) is 0 Å². The lowest BCUT2D eigenvalue weighted by atomic mass is 9.58. The number of aliphatic carboxylic acids is 2. The third-order valence-corrected chi connectivity index (χ3v) is 18.7. The first kappa shape index (κ1) is 79.3. The number of rotatable bonds is 50. The van der Waals surface area contributed by atoms with E-state index in [2.05, 4.69) is 31.9 Å². The minimum absolute atomic E-state index is 0.0352. The zero-order valence-electron chi connectivity index (χ0n) is 49.7. The number of ketones is 2. The average molecular weight is 1230 g/mol. The Labute approximate surface area is 495 Å². The summed E-state index contributed by atoms with van der Waals surface area (Å²) in [7, 11) is 2.35. The number of nitrogens with one attached hydrogen (secondary N) is 6. The standard InChI is InChI=1S/C54H100N6O21S2/c1-10-51(9,11-2)58-33(19-22-41(69)56-27-37(65)44(73)46(75)39(67)29-62)47(76)52(12-3,13-4)54(16-7,17-8)60-34(20-23-42(70)71)49(78)57-32(18-21-40(68)55-26-36(64)43(72)45(74)38(66)28-61)48(77)53(14-5,15-6)59-35(50(79)80)30-83-82-25-24-81-31-63/h31-39,43-46,58-62,64-67,72-75H,10-30H2,1-9H3,(H,55,68)(H,56,69)(H,57,78)(H,70,71)(H,79,80). The largest absolute Gasteiger partial charge is 0.481 e. The van der Waals surface area contributed by atoms with Gasteiger partial charge in [-0.3, -0.25) is 49.0 Å². The van der Waals surface area contributed by atoms with Gasteiger partial charge in [-0.2, -0.15) is 0 Å². The number of carbonyl (C=O) groups is 8. The molecular formula is C54H100N6O21S2. The van der Waals surface area contributed by atoms with E-state index in [1.165, 1.54) is 10.8 Å². The van der Waals surface area contributed by atoms with Crippen LogP contribution in [0.5, 0.6) is 0 Å². The molecule has 0 aliphatic heterocycles. The average Bonchev–Trinajstić information content (AvgIpc) is 3.30. The van der Waals surface area contributed by atoms with Crippen molar-refractivity contribution in [2.75, 3.05) is 44.4 Å². The molecule has 29 heteroatoms. The van der Waals surface area contributed by atoms with Gasteiger partial charge in [-0.05, 0) is 77.6 Å². The Morgan fingerprint density at radius 2 is 0.988 bits per heavy atom. The monoisotopic (exact) mass is 1230 g/mol. The highest BCUT2D eigenvalue weighted by molar-refractivity contribution is 8.76. The first-order valence-corrected chi connectivity index (χ1v) is 31.1. The van der Waals surface area contributed by atoms with Crippen LogP contribution in [0, 0.1) is 5.41 Å². The molecule has 18 N–H and O–H groups in total. The maximum absolute atomic E-state index is 15.7. The van der Waals surface area contributed by atoms with Crippen molar-refractivity contribution in [3.05, 3.63) is 0 Å². The molecule has 0 aromatic rings. The van der Waals surface area contributed by atoms with Crippen molar-refractivity contribution in [2.24, 2.45) is 5.41 Å². The Morgan fingerprint density at radius 3 is 1.39 bits per heavy atom. The van der Waals surface area contributed by atoms with Crippen molar-refractivity contribution in [1.82, 2.24) is 31.9 Å². The van der Waals surface area contributed by atoms with E-state index < -0.39 is 176 Å². The molecule has 12 atom stereocenters. The van der Waals surface area contributed by atoms with Gasteiger partial charge in [0.2, 0.25) is 17.7 Å². The highest BCUT2D eigenvalue weighted by atomic mass is 33.1. The maximum Gasteiger partial charge on any atom is 0.321 e. The van der Waals surface area contributed by atoms with Gasteiger partial charge in [-0.25, -0.2) is 0 Å². The summed E-state index contributed by atoms with van der Waals surface area (Å²) in [5, 5.41) is 137. The van der Waals surface area contributed by atoms with Crippen LogP contribution in [0.1, 0.15) is 152 Å². The summed E-state index contributed by atoms with van der Waals surface area (Å²) in [5.41, 5.74) is -5.02. The van der Waals surface area contributed by atoms with Gasteiger partial charge in [0.1, 0.15) is 49.3 Å². The van der Waals surface area contributed by atoms with Crippen molar-refractivity contribution in [2.45, 2.75) is 242 Å². The van der Waals surface area contributed by atoms with Gasteiger partial charge in [0.05, 0.1) is 49.1 Å². The summed E-state index contributed by atoms with van der Waals surface area (Å²) in [6, 6.07) is -5.45. The Bertz CT molecular complexity index is 1970. The van der Waals surface area contributed by atoms with E-state index in [9.17, 15) is 80.1 Å². The predicted molar refractivity (Wildman–Crippen MR) is 309 cm³/mol. The number of aliphatic hydroxyl groups excluding tert-OH is 10. The Kier molecular flexibility index (Phi) is 38.2. The molecule has 0 saturated carbocycles. The van der Waals surface area contributed by atoms with Crippen molar-refractivity contribution < 1.29 is 104 Å². The topological polar surface area (TPSA) is 461 Å². The van der Waals surface area contributed by atoms with Crippen molar-refractivity contribution in [1.29, 1.82) is 0 Å². The number of Topliss-reactive ketones (excluding diaryl/α,β-unsaturated/α-hetero) is 2. The molecule has 0 bridgehead atoms. The van der Waals surface area contributed by atoms with Gasteiger partial charge in [-0.15, -0.1) is 0 Å². The van der Waals surface area contributed by atoms with Crippen LogP contribution >= 0.6 is 21.6 Å². The number of carboxylic acid groups (broad SMARTS) is 2. The molecule has 0 aliphatic rings. The van der Waals surface area contributed by atoms with Crippen LogP contribution < -0.4 is 31.9 Å². The minimum atomic E-state index is -2.02. The molecule has 0 aromatic carbocycles. The molecule has 0 heterocycles. The summed E-state index contributed by atoms with van der Waals surface area (Å²) in [4.78, 5) is 109. The highest BCUT2D eigenvalue weighted by Gasteiger charge is 2.55. The number of carboxylic acids is 2.